The Hall–Kier alpha value is -2.60. The van der Waals surface area contributed by atoms with Crippen LogP contribution in [0.2, 0.25) is 0 Å². The van der Waals surface area contributed by atoms with Gasteiger partial charge in [0.15, 0.2) is 5.13 Å². The standard InChI is InChI=1S/C16H10F2N2OS/c17-12-6-7-14(13(18)8-12)20(10-21)16-19-9-15(22-16)11-4-2-1-3-5-11/h1-10H. The van der Waals surface area contributed by atoms with E-state index in [1.807, 2.05) is 30.3 Å². The van der Waals surface area contributed by atoms with Crippen LogP contribution in [0.1, 0.15) is 0 Å². The summed E-state index contributed by atoms with van der Waals surface area (Å²) >= 11 is 1.25. The molecule has 0 unspecified atom stereocenters. The second-order valence-electron chi connectivity index (χ2n) is 4.44. The third-order valence-electron chi connectivity index (χ3n) is 3.03. The summed E-state index contributed by atoms with van der Waals surface area (Å²) in [4.78, 5) is 17.4. The third-order valence-corrected chi connectivity index (χ3v) is 4.08. The van der Waals surface area contributed by atoms with E-state index in [4.69, 9.17) is 0 Å². The number of halogens is 2. The van der Waals surface area contributed by atoms with Crippen molar-refractivity contribution in [3.63, 3.8) is 0 Å². The molecule has 0 N–H and O–H groups in total. The minimum atomic E-state index is -0.816. The van der Waals surface area contributed by atoms with Gasteiger partial charge in [0.2, 0.25) is 6.41 Å². The highest BCUT2D eigenvalue weighted by atomic mass is 32.1. The lowest BCUT2D eigenvalue weighted by atomic mass is 10.2. The smallest absolute Gasteiger partial charge is 0.220 e. The summed E-state index contributed by atoms with van der Waals surface area (Å²) in [7, 11) is 0. The van der Waals surface area contributed by atoms with Gasteiger partial charge in [0.25, 0.3) is 0 Å². The quantitative estimate of drug-likeness (QED) is 0.669. The van der Waals surface area contributed by atoms with Crippen molar-refractivity contribution in [1.29, 1.82) is 0 Å². The molecule has 0 bridgehead atoms. The van der Waals surface area contributed by atoms with Crippen LogP contribution in [0.4, 0.5) is 19.6 Å². The van der Waals surface area contributed by atoms with Gasteiger partial charge in [-0.05, 0) is 17.7 Å². The van der Waals surface area contributed by atoms with Gasteiger partial charge >= 0.3 is 0 Å². The summed E-state index contributed by atoms with van der Waals surface area (Å²) < 4.78 is 26.8. The Bertz CT molecular complexity index is 805. The van der Waals surface area contributed by atoms with Crippen LogP contribution >= 0.6 is 11.3 Å². The molecule has 0 saturated heterocycles. The number of rotatable bonds is 4. The van der Waals surface area contributed by atoms with E-state index in [0.717, 1.165) is 27.5 Å². The number of nitrogens with zero attached hydrogens (tertiary/aromatic N) is 2. The second kappa shape index (κ2) is 6.03. The average Bonchev–Trinajstić information content (AvgIpc) is 3.01. The molecule has 0 aliphatic rings. The molecule has 0 saturated carbocycles. The molecule has 0 spiro atoms. The largest absolute Gasteiger partial charge is 0.278 e. The number of anilines is 2. The maximum absolute atomic E-state index is 13.8. The first-order valence-corrected chi connectivity index (χ1v) is 7.21. The van der Waals surface area contributed by atoms with E-state index in [1.54, 1.807) is 6.20 Å². The van der Waals surface area contributed by atoms with Crippen LogP contribution < -0.4 is 4.90 Å². The lowest BCUT2D eigenvalue weighted by molar-refractivity contribution is -0.106. The Morgan fingerprint density at radius 3 is 2.55 bits per heavy atom. The fourth-order valence-electron chi connectivity index (χ4n) is 1.99. The van der Waals surface area contributed by atoms with Crippen molar-refractivity contribution in [2.75, 3.05) is 4.90 Å². The van der Waals surface area contributed by atoms with Crippen LogP contribution in [-0.2, 0) is 4.79 Å². The SMILES string of the molecule is O=CN(c1ncc(-c2ccccc2)s1)c1ccc(F)cc1F. The number of carbonyl (C=O) groups is 1. The van der Waals surface area contributed by atoms with Gasteiger partial charge in [-0.1, -0.05) is 41.7 Å². The van der Waals surface area contributed by atoms with E-state index in [9.17, 15) is 13.6 Å². The van der Waals surface area contributed by atoms with Crippen molar-refractivity contribution >= 4 is 28.6 Å². The third kappa shape index (κ3) is 2.73. The molecule has 3 rings (SSSR count). The highest BCUT2D eigenvalue weighted by Gasteiger charge is 2.17. The predicted molar refractivity (Wildman–Crippen MR) is 82.1 cm³/mol. The fraction of sp³-hybridized carbons (Fsp3) is 0. The van der Waals surface area contributed by atoms with Gasteiger partial charge in [0.05, 0.1) is 10.6 Å². The van der Waals surface area contributed by atoms with E-state index < -0.39 is 11.6 Å². The first-order chi connectivity index (χ1) is 10.7. The molecule has 0 aliphatic heterocycles. The van der Waals surface area contributed by atoms with Crippen molar-refractivity contribution in [3.05, 3.63) is 66.4 Å². The zero-order valence-corrected chi connectivity index (χ0v) is 12.1. The molecule has 3 nitrogen and oxygen atoms in total. The van der Waals surface area contributed by atoms with E-state index in [0.29, 0.717) is 11.5 Å². The topological polar surface area (TPSA) is 33.2 Å². The molecular weight excluding hydrogens is 306 g/mol. The zero-order chi connectivity index (χ0) is 15.5. The number of benzene rings is 2. The molecule has 6 heteroatoms. The molecule has 2 aromatic carbocycles. The Kier molecular flexibility index (Phi) is 3.93. The molecule has 1 amide bonds. The molecule has 1 heterocycles. The summed E-state index contributed by atoms with van der Waals surface area (Å²) in [5.41, 5.74) is 0.919. The maximum atomic E-state index is 13.8. The summed E-state index contributed by atoms with van der Waals surface area (Å²) in [6.07, 6.45) is 2.08. The Labute approximate surface area is 129 Å². The number of aromatic nitrogens is 1. The Morgan fingerprint density at radius 1 is 1.09 bits per heavy atom. The van der Waals surface area contributed by atoms with E-state index >= 15 is 0 Å². The van der Waals surface area contributed by atoms with Crippen molar-refractivity contribution in [2.24, 2.45) is 0 Å². The summed E-state index contributed by atoms with van der Waals surface area (Å²) in [6, 6.07) is 12.6. The molecule has 3 aromatic rings. The van der Waals surface area contributed by atoms with Crippen molar-refractivity contribution < 1.29 is 13.6 Å². The van der Waals surface area contributed by atoms with Gasteiger partial charge in [-0.3, -0.25) is 9.69 Å². The van der Waals surface area contributed by atoms with Gasteiger partial charge in [0, 0.05) is 12.3 Å². The van der Waals surface area contributed by atoms with Crippen molar-refractivity contribution in [1.82, 2.24) is 4.98 Å². The fourth-order valence-corrected chi connectivity index (χ4v) is 2.89. The van der Waals surface area contributed by atoms with E-state index in [2.05, 4.69) is 4.98 Å². The highest BCUT2D eigenvalue weighted by molar-refractivity contribution is 7.19. The molecule has 0 atom stereocenters. The summed E-state index contributed by atoms with van der Waals surface area (Å²) in [5, 5.41) is 0.319. The lowest BCUT2D eigenvalue weighted by Crippen LogP contribution is -2.15. The van der Waals surface area contributed by atoms with Crippen LogP contribution in [0, 0.1) is 11.6 Å². The molecule has 0 fully saturated rings. The number of hydrogen-bond donors (Lipinski definition) is 0. The zero-order valence-electron chi connectivity index (χ0n) is 11.2. The lowest BCUT2D eigenvalue weighted by Gasteiger charge is -2.14. The van der Waals surface area contributed by atoms with Gasteiger partial charge in [0.1, 0.15) is 11.6 Å². The minimum Gasteiger partial charge on any atom is -0.278 e. The van der Waals surface area contributed by atoms with E-state index in [-0.39, 0.29) is 5.69 Å². The number of thiazole rings is 1. The molecular formula is C16H10F2N2OS. The van der Waals surface area contributed by atoms with Crippen LogP contribution in [-0.4, -0.2) is 11.4 Å². The molecule has 22 heavy (non-hydrogen) atoms. The van der Waals surface area contributed by atoms with Gasteiger partial charge < -0.3 is 0 Å². The molecule has 1 aromatic heterocycles. The Balaban J connectivity index is 1.98. The molecule has 110 valence electrons. The maximum Gasteiger partial charge on any atom is 0.220 e. The first kappa shape index (κ1) is 14.3. The number of amides is 1. The second-order valence-corrected chi connectivity index (χ2v) is 5.45. The normalized spacial score (nSPS) is 10.5. The van der Waals surface area contributed by atoms with Crippen LogP contribution in [0.5, 0.6) is 0 Å². The van der Waals surface area contributed by atoms with Crippen LogP contribution in [0.3, 0.4) is 0 Å². The number of carbonyl (C=O) groups excluding carboxylic acids is 1. The molecule has 0 aliphatic carbocycles. The minimum absolute atomic E-state index is 0.0367. The van der Waals surface area contributed by atoms with E-state index in [1.165, 1.54) is 17.4 Å². The van der Waals surface area contributed by atoms with Gasteiger partial charge in [-0.2, -0.15) is 0 Å². The monoisotopic (exact) mass is 316 g/mol. The Morgan fingerprint density at radius 2 is 1.86 bits per heavy atom. The highest BCUT2D eigenvalue weighted by Crippen LogP contribution is 2.34. The average molecular weight is 316 g/mol. The number of hydrogen-bond acceptors (Lipinski definition) is 3. The van der Waals surface area contributed by atoms with Crippen molar-refractivity contribution in [3.8, 4) is 10.4 Å². The predicted octanol–water partition coefficient (Wildman–Crippen LogP) is 4.38. The van der Waals surface area contributed by atoms with Crippen LogP contribution in [0.15, 0.2) is 54.7 Å². The van der Waals surface area contributed by atoms with Crippen molar-refractivity contribution in [2.45, 2.75) is 0 Å². The summed E-state index contributed by atoms with van der Waals surface area (Å²) in [6.45, 7) is 0. The summed E-state index contributed by atoms with van der Waals surface area (Å²) in [5.74, 6) is -1.51. The van der Waals surface area contributed by atoms with Gasteiger partial charge in [-0.25, -0.2) is 13.8 Å². The van der Waals surface area contributed by atoms with Crippen LogP contribution in [0.25, 0.3) is 10.4 Å². The molecule has 0 radical (unpaired) electrons. The first-order valence-electron chi connectivity index (χ1n) is 6.40. The van der Waals surface area contributed by atoms with Gasteiger partial charge in [-0.15, -0.1) is 0 Å².